The zero-order valence-electron chi connectivity index (χ0n) is 12.0. The SMILES string of the molecule is Nc1ccc(CCNC(=O)C2CCCc3sccc32)cc1. The second kappa shape index (κ2) is 6.31. The van der Waals surface area contributed by atoms with Crippen LogP contribution in [0.15, 0.2) is 35.7 Å². The smallest absolute Gasteiger partial charge is 0.227 e. The van der Waals surface area contributed by atoms with Crippen molar-refractivity contribution in [2.45, 2.75) is 31.6 Å². The minimum absolute atomic E-state index is 0.0476. The van der Waals surface area contributed by atoms with Crippen molar-refractivity contribution in [3.05, 3.63) is 51.7 Å². The fraction of sp³-hybridized carbons (Fsp3) is 0.353. The van der Waals surface area contributed by atoms with Gasteiger partial charge in [0.05, 0.1) is 5.92 Å². The van der Waals surface area contributed by atoms with Gasteiger partial charge in [-0.05, 0) is 60.4 Å². The van der Waals surface area contributed by atoms with Crippen LogP contribution in [0.2, 0.25) is 0 Å². The number of aryl methyl sites for hydroxylation is 1. The van der Waals surface area contributed by atoms with Crippen LogP contribution in [0.3, 0.4) is 0 Å². The average molecular weight is 300 g/mol. The van der Waals surface area contributed by atoms with E-state index in [4.69, 9.17) is 5.73 Å². The molecule has 0 bridgehead atoms. The Morgan fingerprint density at radius 1 is 1.29 bits per heavy atom. The van der Waals surface area contributed by atoms with Crippen LogP contribution in [0, 0.1) is 0 Å². The Kier molecular flexibility index (Phi) is 4.25. The molecule has 1 aromatic heterocycles. The molecule has 110 valence electrons. The first-order valence-corrected chi connectivity index (χ1v) is 8.30. The highest BCUT2D eigenvalue weighted by atomic mass is 32.1. The first-order valence-electron chi connectivity index (χ1n) is 7.42. The van der Waals surface area contributed by atoms with Gasteiger partial charge in [0, 0.05) is 17.1 Å². The molecule has 3 N–H and O–H groups in total. The third-order valence-electron chi connectivity index (χ3n) is 4.06. The number of hydrogen-bond acceptors (Lipinski definition) is 3. The number of benzene rings is 1. The van der Waals surface area contributed by atoms with Crippen molar-refractivity contribution in [2.75, 3.05) is 12.3 Å². The van der Waals surface area contributed by atoms with Crippen molar-refractivity contribution in [1.82, 2.24) is 5.32 Å². The maximum atomic E-state index is 12.4. The lowest BCUT2D eigenvalue weighted by molar-refractivity contribution is -0.122. The van der Waals surface area contributed by atoms with E-state index in [2.05, 4.69) is 16.8 Å². The van der Waals surface area contributed by atoms with Crippen LogP contribution in [0.1, 0.15) is 34.8 Å². The molecule has 0 spiro atoms. The number of carbonyl (C=O) groups excluding carboxylic acids is 1. The fourth-order valence-corrected chi connectivity index (χ4v) is 3.88. The van der Waals surface area contributed by atoms with E-state index in [9.17, 15) is 4.79 Å². The van der Waals surface area contributed by atoms with Crippen molar-refractivity contribution >= 4 is 22.9 Å². The van der Waals surface area contributed by atoms with E-state index in [0.29, 0.717) is 6.54 Å². The lowest BCUT2D eigenvalue weighted by atomic mass is 9.87. The van der Waals surface area contributed by atoms with E-state index in [1.807, 2.05) is 24.3 Å². The second-order valence-corrected chi connectivity index (χ2v) is 6.53. The molecule has 21 heavy (non-hydrogen) atoms. The lowest BCUT2D eigenvalue weighted by Gasteiger charge is -2.21. The quantitative estimate of drug-likeness (QED) is 0.852. The maximum Gasteiger partial charge on any atom is 0.227 e. The summed E-state index contributed by atoms with van der Waals surface area (Å²) in [7, 11) is 0. The summed E-state index contributed by atoms with van der Waals surface area (Å²) in [6.45, 7) is 0.679. The average Bonchev–Trinajstić information content (AvgIpc) is 2.97. The monoisotopic (exact) mass is 300 g/mol. The number of nitrogens with two attached hydrogens (primary N) is 1. The van der Waals surface area contributed by atoms with Crippen LogP contribution < -0.4 is 11.1 Å². The largest absolute Gasteiger partial charge is 0.399 e. The number of carbonyl (C=O) groups is 1. The van der Waals surface area contributed by atoms with Gasteiger partial charge in [0.2, 0.25) is 5.91 Å². The number of nitrogens with one attached hydrogen (secondary N) is 1. The molecule has 1 unspecified atom stereocenters. The van der Waals surface area contributed by atoms with E-state index in [1.54, 1.807) is 11.3 Å². The lowest BCUT2D eigenvalue weighted by Crippen LogP contribution is -2.32. The number of fused-ring (bicyclic) bond motifs is 1. The summed E-state index contributed by atoms with van der Waals surface area (Å²) in [4.78, 5) is 13.8. The zero-order chi connectivity index (χ0) is 14.7. The Morgan fingerprint density at radius 3 is 2.90 bits per heavy atom. The van der Waals surface area contributed by atoms with E-state index in [-0.39, 0.29) is 11.8 Å². The fourth-order valence-electron chi connectivity index (χ4n) is 2.90. The Hall–Kier alpha value is -1.81. The molecule has 0 fully saturated rings. The molecule has 3 nitrogen and oxygen atoms in total. The van der Waals surface area contributed by atoms with Crippen molar-refractivity contribution in [3.63, 3.8) is 0 Å². The topological polar surface area (TPSA) is 55.1 Å². The highest BCUT2D eigenvalue weighted by molar-refractivity contribution is 7.10. The highest BCUT2D eigenvalue weighted by Gasteiger charge is 2.26. The molecule has 1 aliphatic carbocycles. The summed E-state index contributed by atoms with van der Waals surface area (Å²) < 4.78 is 0. The van der Waals surface area contributed by atoms with Crippen LogP contribution in [-0.4, -0.2) is 12.5 Å². The van der Waals surface area contributed by atoms with E-state index >= 15 is 0 Å². The number of hydrogen-bond donors (Lipinski definition) is 2. The van der Waals surface area contributed by atoms with Gasteiger partial charge in [-0.15, -0.1) is 11.3 Å². The van der Waals surface area contributed by atoms with E-state index < -0.39 is 0 Å². The molecule has 2 aromatic rings. The van der Waals surface area contributed by atoms with Crippen LogP contribution in [-0.2, 0) is 17.6 Å². The predicted molar refractivity (Wildman–Crippen MR) is 87.6 cm³/mol. The molecule has 1 aromatic carbocycles. The van der Waals surface area contributed by atoms with Gasteiger partial charge in [0.25, 0.3) is 0 Å². The Labute approximate surface area is 129 Å². The molecule has 0 radical (unpaired) electrons. The van der Waals surface area contributed by atoms with Gasteiger partial charge in [-0.2, -0.15) is 0 Å². The number of amides is 1. The molecule has 3 rings (SSSR count). The minimum atomic E-state index is 0.0476. The van der Waals surface area contributed by atoms with Gasteiger partial charge in [0.15, 0.2) is 0 Å². The number of rotatable bonds is 4. The molecule has 0 saturated heterocycles. The Morgan fingerprint density at radius 2 is 2.10 bits per heavy atom. The maximum absolute atomic E-state index is 12.4. The molecule has 0 aliphatic heterocycles. The molecule has 4 heteroatoms. The molecule has 0 saturated carbocycles. The van der Waals surface area contributed by atoms with Gasteiger partial charge in [0.1, 0.15) is 0 Å². The van der Waals surface area contributed by atoms with E-state index in [0.717, 1.165) is 31.4 Å². The number of nitrogen functional groups attached to an aromatic ring is 1. The molecular weight excluding hydrogens is 280 g/mol. The van der Waals surface area contributed by atoms with Crippen molar-refractivity contribution < 1.29 is 4.79 Å². The van der Waals surface area contributed by atoms with Crippen LogP contribution in [0.5, 0.6) is 0 Å². The molecule has 1 amide bonds. The van der Waals surface area contributed by atoms with Crippen molar-refractivity contribution in [2.24, 2.45) is 0 Å². The zero-order valence-corrected chi connectivity index (χ0v) is 12.8. The van der Waals surface area contributed by atoms with Gasteiger partial charge >= 0.3 is 0 Å². The van der Waals surface area contributed by atoms with Gasteiger partial charge in [-0.1, -0.05) is 12.1 Å². The van der Waals surface area contributed by atoms with Gasteiger partial charge < -0.3 is 11.1 Å². The third-order valence-corrected chi connectivity index (χ3v) is 5.06. The number of anilines is 1. The van der Waals surface area contributed by atoms with Gasteiger partial charge in [-0.25, -0.2) is 0 Å². The predicted octanol–water partition coefficient (Wildman–Crippen LogP) is 3.11. The van der Waals surface area contributed by atoms with Crippen LogP contribution >= 0.6 is 11.3 Å². The third kappa shape index (κ3) is 3.27. The van der Waals surface area contributed by atoms with Gasteiger partial charge in [-0.3, -0.25) is 4.79 Å². The Bertz CT molecular complexity index is 618. The first-order chi connectivity index (χ1) is 10.2. The molecule has 1 aliphatic rings. The van der Waals surface area contributed by atoms with Crippen molar-refractivity contribution in [3.8, 4) is 0 Å². The van der Waals surface area contributed by atoms with E-state index in [1.165, 1.54) is 16.0 Å². The Balaban J connectivity index is 1.54. The second-order valence-electron chi connectivity index (χ2n) is 5.53. The van der Waals surface area contributed by atoms with Crippen molar-refractivity contribution in [1.29, 1.82) is 0 Å². The minimum Gasteiger partial charge on any atom is -0.399 e. The highest BCUT2D eigenvalue weighted by Crippen LogP contribution is 2.34. The molecule has 1 atom stereocenters. The summed E-state index contributed by atoms with van der Waals surface area (Å²) >= 11 is 1.78. The van der Waals surface area contributed by atoms with Crippen LogP contribution in [0.4, 0.5) is 5.69 Å². The molecule has 1 heterocycles. The summed E-state index contributed by atoms with van der Waals surface area (Å²) in [6.07, 6.45) is 4.05. The van der Waals surface area contributed by atoms with Crippen LogP contribution in [0.25, 0.3) is 0 Å². The molecular formula is C17H20N2OS. The summed E-state index contributed by atoms with van der Waals surface area (Å²) in [5.74, 6) is 0.219. The standard InChI is InChI=1S/C17H20N2OS/c18-13-6-4-12(5-7-13)8-10-19-17(20)15-2-1-3-16-14(15)9-11-21-16/h4-7,9,11,15H,1-3,8,10,18H2,(H,19,20). The summed E-state index contributed by atoms with van der Waals surface area (Å²) in [6, 6.07) is 9.94. The normalized spacial score (nSPS) is 17.2. The number of thiophene rings is 1. The summed E-state index contributed by atoms with van der Waals surface area (Å²) in [5.41, 5.74) is 8.89. The summed E-state index contributed by atoms with van der Waals surface area (Å²) in [5, 5.41) is 5.18. The first kappa shape index (κ1) is 14.1.